The molecule has 0 spiro atoms. The number of nitrogens with zero attached hydrogens (tertiary/aromatic N) is 1. The van der Waals surface area contributed by atoms with Crippen LogP contribution in [0.4, 0.5) is 0 Å². The topological polar surface area (TPSA) is 27.3 Å². The molecule has 0 aliphatic carbocycles. The largest absolute Gasteiger partial charge is 0.307 e. The molecule has 1 aliphatic heterocycles. The fourth-order valence-corrected chi connectivity index (χ4v) is 1.83. The lowest BCUT2D eigenvalue weighted by Crippen LogP contribution is -2.36. The van der Waals surface area contributed by atoms with Gasteiger partial charge < -0.3 is 5.43 Å². The first-order chi connectivity index (χ1) is 7.84. The molecule has 3 nitrogen and oxygen atoms in total. The average Bonchev–Trinajstić information content (AvgIpc) is 2.72. The molecule has 1 aromatic rings. The summed E-state index contributed by atoms with van der Waals surface area (Å²) in [5, 5.41) is 2.10. The number of benzene rings is 1. The Morgan fingerprint density at radius 3 is 2.62 bits per heavy atom. The van der Waals surface area contributed by atoms with Gasteiger partial charge >= 0.3 is 0 Å². The second kappa shape index (κ2) is 5.56. The maximum absolute atomic E-state index is 3.10. The summed E-state index contributed by atoms with van der Waals surface area (Å²) >= 11 is 0. The molecular formula is C13H19N3. The highest BCUT2D eigenvalue weighted by molar-refractivity contribution is 5.14. The average molecular weight is 217 g/mol. The molecule has 0 unspecified atom stereocenters. The van der Waals surface area contributed by atoms with Gasteiger partial charge in [-0.05, 0) is 31.7 Å². The van der Waals surface area contributed by atoms with Crippen LogP contribution >= 0.6 is 0 Å². The van der Waals surface area contributed by atoms with E-state index in [1.54, 1.807) is 0 Å². The zero-order valence-electron chi connectivity index (χ0n) is 9.74. The van der Waals surface area contributed by atoms with E-state index in [0.29, 0.717) is 0 Å². The van der Waals surface area contributed by atoms with Gasteiger partial charge in [0.15, 0.2) is 0 Å². The van der Waals surface area contributed by atoms with Gasteiger partial charge in [-0.2, -0.15) is 0 Å². The minimum absolute atomic E-state index is 1.05. The number of hydrogen-bond donors (Lipinski definition) is 2. The highest BCUT2D eigenvalue weighted by atomic mass is 15.7. The summed E-state index contributed by atoms with van der Waals surface area (Å²) < 4.78 is 0. The lowest BCUT2D eigenvalue weighted by atomic mass is 10.1. The Balaban J connectivity index is 1.62. The first-order valence-electron chi connectivity index (χ1n) is 5.85. The van der Waals surface area contributed by atoms with Gasteiger partial charge in [-0.15, -0.1) is 5.53 Å². The number of hydrazine groups is 2. The van der Waals surface area contributed by atoms with Crippen molar-refractivity contribution >= 4 is 0 Å². The van der Waals surface area contributed by atoms with Gasteiger partial charge in [-0.1, -0.05) is 30.3 Å². The third-order valence-electron chi connectivity index (χ3n) is 2.70. The highest BCUT2D eigenvalue weighted by Gasteiger charge is 2.05. The van der Waals surface area contributed by atoms with E-state index in [1.165, 1.54) is 30.5 Å². The van der Waals surface area contributed by atoms with E-state index in [1.807, 2.05) is 0 Å². The lowest BCUT2D eigenvalue weighted by molar-refractivity contribution is 0.265. The van der Waals surface area contributed by atoms with Crippen molar-refractivity contribution in [2.45, 2.75) is 26.2 Å². The lowest BCUT2D eigenvalue weighted by Gasteiger charge is -2.14. The molecular weight excluding hydrogens is 198 g/mol. The zero-order chi connectivity index (χ0) is 11.2. The number of nitrogens with one attached hydrogen (secondary N) is 2. The van der Waals surface area contributed by atoms with Crippen LogP contribution in [0.1, 0.15) is 25.3 Å². The number of aryl methyl sites for hydroxylation is 1. The Morgan fingerprint density at radius 2 is 1.94 bits per heavy atom. The normalized spacial score (nSPS) is 14.8. The second-order valence-corrected chi connectivity index (χ2v) is 4.19. The molecule has 1 aliphatic rings. The van der Waals surface area contributed by atoms with Gasteiger partial charge in [-0.3, -0.25) is 5.01 Å². The van der Waals surface area contributed by atoms with E-state index in [2.05, 4.69) is 59.4 Å². The molecule has 0 saturated heterocycles. The van der Waals surface area contributed by atoms with Crippen LogP contribution < -0.4 is 11.0 Å². The summed E-state index contributed by atoms with van der Waals surface area (Å²) in [5.74, 6) is 0. The highest BCUT2D eigenvalue weighted by Crippen LogP contribution is 2.06. The minimum atomic E-state index is 1.05. The van der Waals surface area contributed by atoms with E-state index >= 15 is 0 Å². The number of unbranched alkanes of at least 4 members (excludes halogenated alkanes) is 1. The number of hydrogen-bond acceptors (Lipinski definition) is 3. The Bertz CT molecular complexity index is 345. The van der Waals surface area contributed by atoms with Gasteiger partial charge in [-0.25, -0.2) is 0 Å². The Labute approximate surface area is 97.1 Å². The van der Waals surface area contributed by atoms with Crippen LogP contribution in [0.25, 0.3) is 0 Å². The molecule has 0 saturated carbocycles. The van der Waals surface area contributed by atoms with E-state index in [-0.39, 0.29) is 0 Å². The van der Waals surface area contributed by atoms with Gasteiger partial charge in [0.2, 0.25) is 0 Å². The van der Waals surface area contributed by atoms with E-state index in [0.717, 1.165) is 6.54 Å². The molecule has 2 N–H and O–H groups in total. The third-order valence-corrected chi connectivity index (χ3v) is 2.70. The molecule has 2 rings (SSSR count). The predicted octanol–water partition coefficient (Wildman–Crippen LogP) is 2.20. The fraction of sp³-hybridized carbons (Fsp3) is 0.385. The van der Waals surface area contributed by atoms with Gasteiger partial charge in [0.25, 0.3) is 0 Å². The summed E-state index contributed by atoms with van der Waals surface area (Å²) in [6, 6.07) is 10.7. The van der Waals surface area contributed by atoms with Crippen LogP contribution in [0.5, 0.6) is 0 Å². The van der Waals surface area contributed by atoms with Crippen molar-refractivity contribution in [2.75, 3.05) is 6.54 Å². The summed E-state index contributed by atoms with van der Waals surface area (Å²) in [5.41, 5.74) is 8.76. The zero-order valence-corrected chi connectivity index (χ0v) is 9.74. The fourth-order valence-electron chi connectivity index (χ4n) is 1.83. The van der Waals surface area contributed by atoms with Gasteiger partial charge in [0.05, 0.1) is 0 Å². The van der Waals surface area contributed by atoms with Crippen molar-refractivity contribution in [3.8, 4) is 0 Å². The standard InChI is InChI=1S/C13H19N3/c1-12-11-16(15-14-12)10-6-5-9-13-7-3-2-4-8-13/h2-4,7-8,11,14-15H,5-6,9-10H2,1H3. The summed E-state index contributed by atoms with van der Waals surface area (Å²) in [6.45, 7) is 3.11. The van der Waals surface area contributed by atoms with E-state index in [9.17, 15) is 0 Å². The third kappa shape index (κ3) is 3.28. The van der Waals surface area contributed by atoms with Crippen molar-refractivity contribution in [1.82, 2.24) is 16.0 Å². The quantitative estimate of drug-likeness (QED) is 0.740. The maximum Gasteiger partial charge on any atom is 0.0422 e. The van der Waals surface area contributed by atoms with Crippen molar-refractivity contribution < 1.29 is 0 Å². The molecule has 0 bridgehead atoms. The Hall–Kier alpha value is -1.48. The molecule has 0 radical (unpaired) electrons. The second-order valence-electron chi connectivity index (χ2n) is 4.19. The first kappa shape index (κ1) is 11.0. The molecule has 86 valence electrons. The number of rotatable bonds is 5. The van der Waals surface area contributed by atoms with Crippen molar-refractivity contribution in [2.24, 2.45) is 0 Å². The smallest absolute Gasteiger partial charge is 0.0422 e. The van der Waals surface area contributed by atoms with Crippen LogP contribution in [0.3, 0.4) is 0 Å². The maximum atomic E-state index is 3.10. The van der Waals surface area contributed by atoms with Crippen LogP contribution in [-0.4, -0.2) is 11.6 Å². The summed E-state index contributed by atoms with van der Waals surface area (Å²) in [6.07, 6.45) is 5.70. The van der Waals surface area contributed by atoms with Crippen molar-refractivity contribution in [3.05, 3.63) is 47.8 Å². The SMILES string of the molecule is CC1=CN(CCCCc2ccccc2)NN1. The minimum Gasteiger partial charge on any atom is -0.307 e. The molecule has 0 fully saturated rings. The molecule has 16 heavy (non-hydrogen) atoms. The monoisotopic (exact) mass is 217 g/mol. The van der Waals surface area contributed by atoms with Crippen molar-refractivity contribution in [3.63, 3.8) is 0 Å². The Morgan fingerprint density at radius 1 is 1.12 bits per heavy atom. The van der Waals surface area contributed by atoms with Crippen molar-refractivity contribution in [1.29, 1.82) is 0 Å². The molecule has 0 aromatic heterocycles. The molecule has 1 heterocycles. The molecule has 0 amide bonds. The van der Waals surface area contributed by atoms with E-state index < -0.39 is 0 Å². The molecule has 0 atom stereocenters. The van der Waals surface area contributed by atoms with E-state index in [4.69, 9.17) is 0 Å². The van der Waals surface area contributed by atoms with Gasteiger partial charge in [0, 0.05) is 18.4 Å². The van der Waals surface area contributed by atoms with Crippen LogP contribution in [0.2, 0.25) is 0 Å². The Kier molecular flexibility index (Phi) is 3.83. The first-order valence-corrected chi connectivity index (χ1v) is 5.85. The predicted molar refractivity (Wildman–Crippen MR) is 66.1 cm³/mol. The van der Waals surface area contributed by atoms with Gasteiger partial charge in [0.1, 0.15) is 0 Å². The number of allylic oxidation sites excluding steroid dienone is 1. The summed E-state index contributed by atoms with van der Waals surface area (Å²) in [7, 11) is 0. The molecule has 3 heteroatoms. The van der Waals surface area contributed by atoms with Crippen LogP contribution in [0.15, 0.2) is 42.2 Å². The van der Waals surface area contributed by atoms with Crippen LogP contribution in [-0.2, 0) is 6.42 Å². The molecule has 1 aromatic carbocycles. The summed E-state index contributed by atoms with van der Waals surface area (Å²) in [4.78, 5) is 0. The van der Waals surface area contributed by atoms with Crippen LogP contribution in [0, 0.1) is 0 Å².